The van der Waals surface area contributed by atoms with Gasteiger partial charge in [0.1, 0.15) is 11.6 Å². The van der Waals surface area contributed by atoms with Crippen molar-refractivity contribution in [1.29, 1.82) is 0 Å². The molecule has 3 heterocycles. The number of nitrogens with one attached hydrogen (secondary N) is 1. The zero-order valence-corrected chi connectivity index (χ0v) is 20.9. The summed E-state index contributed by atoms with van der Waals surface area (Å²) in [4.78, 5) is 11.0. The summed E-state index contributed by atoms with van der Waals surface area (Å²) in [6.45, 7) is 6.65. The second-order valence-corrected chi connectivity index (χ2v) is 10.6. The van der Waals surface area contributed by atoms with Crippen molar-refractivity contribution in [2.45, 2.75) is 43.5 Å². The molecule has 8 heteroatoms. The van der Waals surface area contributed by atoms with Crippen LogP contribution < -0.4 is 10.2 Å². The number of hydrogen-bond donors (Lipinski definition) is 1. The molecular formula is C24H35N7S. The van der Waals surface area contributed by atoms with Gasteiger partial charge in [0.15, 0.2) is 5.65 Å². The number of likely N-dealkylation sites (tertiary alicyclic amines) is 1. The molecule has 1 aromatic carbocycles. The molecule has 1 fully saturated rings. The number of fused-ring (bicyclic) bond motifs is 1. The number of anilines is 3. The fraction of sp³-hybridized carbons (Fsp3) is 0.500. The smallest absolute Gasteiger partial charge is 0.163 e. The largest absolute Gasteiger partial charge is 0.356 e. The van der Waals surface area contributed by atoms with Gasteiger partial charge in [0.2, 0.25) is 0 Å². The monoisotopic (exact) mass is 453 g/mol. The summed E-state index contributed by atoms with van der Waals surface area (Å²) in [6, 6.07) is 11.1. The Bertz CT molecular complexity index is 1040. The zero-order chi connectivity index (χ0) is 22.8. The molecule has 0 radical (unpaired) electrons. The first-order chi connectivity index (χ1) is 15.3. The van der Waals surface area contributed by atoms with Crippen LogP contribution in [0, 0.1) is 0 Å². The number of piperidine rings is 1. The number of aromatic nitrogens is 3. The predicted octanol–water partition coefficient (Wildman–Crippen LogP) is 4.70. The topological polar surface area (TPSA) is 51.9 Å². The third-order valence-electron chi connectivity index (χ3n) is 6.12. The Morgan fingerprint density at radius 1 is 1.09 bits per heavy atom. The summed E-state index contributed by atoms with van der Waals surface area (Å²) in [7, 11) is 8.48. The van der Waals surface area contributed by atoms with Gasteiger partial charge in [-0.2, -0.15) is 9.61 Å². The Hall–Kier alpha value is -2.29. The van der Waals surface area contributed by atoms with Crippen molar-refractivity contribution in [1.82, 2.24) is 23.8 Å². The molecule has 0 aliphatic carbocycles. The summed E-state index contributed by atoms with van der Waals surface area (Å²) in [5.41, 5.74) is 3.14. The van der Waals surface area contributed by atoms with E-state index in [1.165, 1.54) is 10.5 Å². The van der Waals surface area contributed by atoms with Crippen LogP contribution >= 0.6 is 11.9 Å². The second-order valence-electron chi connectivity index (χ2n) is 9.19. The lowest BCUT2D eigenvalue weighted by molar-refractivity contribution is 0.252. The molecule has 32 heavy (non-hydrogen) atoms. The summed E-state index contributed by atoms with van der Waals surface area (Å²) >= 11 is 1.71. The summed E-state index contributed by atoms with van der Waals surface area (Å²) in [5.74, 6) is 2.29. The molecule has 3 aromatic rings. The molecule has 4 rings (SSSR count). The van der Waals surface area contributed by atoms with Crippen LogP contribution in [0.15, 0.2) is 41.4 Å². The highest BCUT2D eigenvalue weighted by atomic mass is 32.2. The van der Waals surface area contributed by atoms with E-state index < -0.39 is 0 Å². The maximum absolute atomic E-state index is 5.06. The van der Waals surface area contributed by atoms with Crippen LogP contribution in [0.25, 0.3) is 5.65 Å². The Morgan fingerprint density at radius 3 is 2.41 bits per heavy atom. The quantitative estimate of drug-likeness (QED) is 0.521. The van der Waals surface area contributed by atoms with E-state index >= 15 is 0 Å². The van der Waals surface area contributed by atoms with E-state index in [2.05, 4.69) is 96.9 Å². The third-order valence-corrected chi connectivity index (χ3v) is 6.97. The van der Waals surface area contributed by atoms with Gasteiger partial charge < -0.3 is 15.1 Å². The lowest BCUT2D eigenvalue weighted by atomic mass is 10.0. The maximum Gasteiger partial charge on any atom is 0.163 e. The first kappa shape index (κ1) is 22.9. The molecule has 2 aromatic heterocycles. The van der Waals surface area contributed by atoms with Gasteiger partial charge in [0.25, 0.3) is 0 Å². The second kappa shape index (κ2) is 9.68. The van der Waals surface area contributed by atoms with E-state index in [0.717, 1.165) is 48.9 Å². The zero-order valence-electron chi connectivity index (χ0n) is 20.0. The van der Waals surface area contributed by atoms with Crippen LogP contribution in [0.5, 0.6) is 0 Å². The normalized spacial score (nSPS) is 15.8. The van der Waals surface area contributed by atoms with Crippen molar-refractivity contribution < 1.29 is 0 Å². The van der Waals surface area contributed by atoms with Gasteiger partial charge in [-0.15, -0.1) is 0 Å². The van der Waals surface area contributed by atoms with E-state index in [4.69, 9.17) is 4.98 Å². The molecule has 0 amide bonds. The Labute approximate surface area is 195 Å². The van der Waals surface area contributed by atoms with Crippen molar-refractivity contribution >= 4 is 34.9 Å². The molecule has 172 valence electrons. The molecule has 1 saturated heterocycles. The number of hydrogen-bond acceptors (Lipinski definition) is 7. The number of rotatable bonds is 7. The molecule has 1 N–H and O–H groups in total. The summed E-state index contributed by atoms with van der Waals surface area (Å²) in [5, 5.41) is 8.26. The molecule has 7 nitrogen and oxygen atoms in total. The molecular weight excluding hydrogens is 418 g/mol. The van der Waals surface area contributed by atoms with Crippen LogP contribution in [0.2, 0.25) is 0 Å². The van der Waals surface area contributed by atoms with E-state index in [1.54, 1.807) is 11.9 Å². The maximum atomic E-state index is 5.06. The van der Waals surface area contributed by atoms with E-state index in [0.29, 0.717) is 12.0 Å². The first-order valence-electron chi connectivity index (χ1n) is 11.3. The van der Waals surface area contributed by atoms with Gasteiger partial charge in [0.05, 0.1) is 6.20 Å². The molecule has 1 aliphatic heterocycles. The fourth-order valence-electron chi connectivity index (χ4n) is 4.17. The number of benzene rings is 1. The van der Waals surface area contributed by atoms with Crippen LogP contribution in [0.3, 0.4) is 0 Å². The van der Waals surface area contributed by atoms with Crippen LogP contribution in [0.4, 0.5) is 17.3 Å². The van der Waals surface area contributed by atoms with Crippen molar-refractivity contribution in [3.05, 3.63) is 42.1 Å². The van der Waals surface area contributed by atoms with Crippen molar-refractivity contribution in [3.63, 3.8) is 0 Å². The molecule has 0 saturated carbocycles. The van der Waals surface area contributed by atoms with Crippen molar-refractivity contribution in [3.8, 4) is 0 Å². The molecule has 0 unspecified atom stereocenters. The SMILES string of the molecule is CC(C)c1cnn2c(Nc3ccc(SN(C)C)cc3)cc(N(C)C3CCN(C)CC3)nc12. The molecule has 0 atom stereocenters. The van der Waals surface area contributed by atoms with E-state index in [-0.39, 0.29) is 0 Å². The molecule has 1 aliphatic rings. The van der Waals surface area contributed by atoms with Gasteiger partial charge in [0, 0.05) is 35.3 Å². The Kier molecular flexibility index (Phi) is 6.93. The van der Waals surface area contributed by atoms with Crippen LogP contribution in [-0.2, 0) is 0 Å². The standard InChI is InChI=1S/C24H35N7S/c1-17(2)21-16-25-31-23(26-18-7-9-20(10-8-18)32-28(3)4)15-22(27-24(21)31)30(6)19-11-13-29(5)14-12-19/h7-10,15-17,19,26H,11-14H2,1-6H3. The lowest BCUT2D eigenvalue weighted by Gasteiger charge is -2.36. The van der Waals surface area contributed by atoms with Crippen molar-refractivity contribution in [2.24, 2.45) is 0 Å². The fourth-order valence-corrected chi connectivity index (χ4v) is 4.85. The van der Waals surface area contributed by atoms with Crippen LogP contribution in [-0.4, -0.2) is 71.1 Å². The minimum absolute atomic E-state index is 0.360. The van der Waals surface area contributed by atoms with Gasteiger partial charge in [-0.1, -0.05) is 13.8 Å². The Balaban J connectivity index is 1.67. The molecule has 0 bridgehead atoms. The lowest BCUT2D eigenvalue weighted by Crippen LogP contribution is -2.42. The highest BCUT2D eigenvalue weighted by Crippen LogP contribution is 2.30. The average molecular weight is 454 g/mol. The first-order valence-corrected chi connectivity index (χ1v) is 12.1. The van der Waals surface area contributed by atoms with E-state index in [9.17, 15) is 0 Å². The minimum atomic E-state index is 0.360. The van der Waals surface area contributed by atoms with Gasteiger partial charge >= 0.3 is 0 Å². The predicted molar refractivity (Wildman–Crippen MR) is 135 cm³/mol. The minimum Gasteiger partial charge on any atom is -0.356 e. The van der Waals surface area contributed by atoms with Crippen LogP contribution in [0.1, 0.15) is 38.2 Å². The van der Waals surface area contributed by atoms with Crippen molar-refractivity contribution in [2.75, 3.05) is 51.5 Å². The van der Waals surface area contributed by atoms with Gasteiger partial charge in [-0.05, 0) is 89.2 Å². The highest BCUT2D eigenvalue weighted by molar-refractivity contribution is 7.97. The molecule has 0 spiro atoms. The third kappa shape index (κ3) is 5.03. The summed E-state index contributed by atoms with van der Waals surface area (Å²) < 4.78 is 4.03. The van der Waals surface area contributed by atoms with Gasteiger partial charge in [-0.25, -0.2) is 4.98 Å². The Morgan fingerprint density at radius 2 is 1.78 bits per heavy atom. The average Bonchev–Trinajstić information content (AvgIpc) is 3.19. The summed E-state index contributed by atoms with van der Waals surface area (Å²) in [6.07, 6.45) is 4.27. The van der Waals surface area contributed by atoms with E-state index in [1.807, 2.05) is 10.7 Å². The van der Waals surface area contributed by atoms with Gasteiger partial charge in [-0.3, -0.25) is 4.31 Å². The highest BCUT2D eigenvalue weighted by Gasteiger charge is 2.23. The number of nitrogens with zero attached hydrogens (tertiary/aromatic N) is 6.